The number of esters is 3. The summed E-state index contributed by atoms with van der Waals surface area (Å²) in [4.78, 5) is 34.6. The van der Waals surface area contributed by atoms with Crippen molar-refractivity contribution in [2.45, 2.75) is 153 Å². The Morgan fingerprint density at radius 2 is 0.806 bits per heavy atom. The van der Waals surface area contributed by atoms with Gasteiger partial charge in [-0.3, -0.25) is 0 Å². The fourth-order valence-electron chi connectivity index (χ4n) is 4.02. The molecule has 0 radical (unpaired) electrons. The molecule has 0 aliphatic rings. The molecular weight excluding hydrogens is 889 g/mol. The number of hydrogen-bond acceptors (Lipinski definition) is 7. The predicted molar refractivity (Wildman–Crippen MR) is 193 cm³/mol. The van der Waals surface area contributed by atoms with Crippen LogP contribution in [0.5, 0.6) is 0 Å². The van der Waals surface area contributed by atoms with Gasteiger partial charge >= 0.3 is 65.5 Å². The van der Waals surface area contributed by atoms with E-state index in [1.54, 1.807) is 13.8 Å². The van der Waals surface area contributed by atoms with Gasteiger partial charge in [-0.2, -0.15) is 70.2 Å². The van der Waals surface area contributed by atoms with Crippen LogP contribution in [0.4, 0.5) is 74.6 Å². The lowest BCUT2D eigenvalue weighted by Gasteiger charge is -2.43. The molecule has 0 aromatic heterocycles. The number of hydrogen-bond donors (Lipinski definition) is 0. The molecule has 0 aromatic carbocycles. The van der Waals surface area contributed by atoms with E-state index in [1.165, 1.54) is 57.8 Å². The first-order valence-electron chi connectivity index (χ1n) is 18.6. The minimum Gasteiger partial charge on any atom is -0.462 e. The van der Waals surface area contributed by atoms with E-state index in [1.807, 2.05) is 19.0 Å². The lowest BCUT2D eigenvalue weighted by atomic mass is 9.88. The molecule has 366 valence electrons. The fraction of sp³-hybridized carbons (Fsp3) is 0.763. The number of alkyl halides is 17. The zero-order valence-corrected chi connectivity index (χ0v) is 35.2. The molecule has 0 fully saturated rings. The van der Waals surface area contributed by atoms with Gasteiger partial charge in [-0.25, -0.2) is 18.8 Å². The second kappa shape index (κ2) is 25.6. The first-order valence-corrected chi connectivity index (χ1v) is 18.6. The van der Waals surface area contributed by atoms with Crippen LogP contribution >= 0.6 is 0 Å². The molecule has 0 N–H and O–H groups in total. The van der Waals surface area contributed by atoms with E-state index in [9.17, 15) is 89.0 Å². The molecule has 1 atom stereocenters. The van der Waals surface area contributed by atoms with E-state index in [0.717, 1.165) is 13.0 Å². The highest BCUT2D eigenvalue weighted by molar-refractivity contribution is 5.87. The molecular formula is C38H54F17NO6. The van der Waals surface area contributed by atoms with Gasteiger partial charge in [-0.1, -0.05) is 84.4 Å². The third kappa shape index (κ3) is 16.8. The van der Waals surface area contributed by atoms with Gasteiger partial charge in [0.25, 0.3) is 0 Å². The van der Waals surface area contributed by atoms with Crippen molar-refractivity contribution >= 4 is 17.9 Å². The van der Waals surface area contributed by atoms with Crippen LogP contribution in [0.3, 0.4) is 0 Å². The Hall–Kier alpha value is -3.60. The summed E-state index contributed by atoms with van der Waals surface area (Å²) in [6, 6.07) is 0. The topological polar surface area (TPSA) is 82.1 Å². The van der Waals surface area contributed by atoms with E-state index < -0.39 is 72.2 Å². The second-order valence-corrected chi connectivity index (χ2v) is 14.2. The standard InChI is InChI=1S/C16H30O2.C14H9F17O2.C8H15NO2/c1-4-5-6-7-8-9-10-11-12-13-14-18-16(17)15(2)3;1-4(2)6(32)33-14(30,31)13(28,29)12(26,27)11(24,25)10(22,23)9(20,21)8(18,19)7(16,17)5(3)15;1-7(2)8(10)11-6-5-9(3)4/h2,4-14H2,1,3H3;5H,1H2,2-3H3;1,5-6H2,2-4H3. The first kappa shape index (κ1) is 62.7. The maximum Gasteiger partial charge on any atom is 0.473 e. The molecule has 0 aliphatic heterocycles. The molecule has 0 aromatic rings. The Kier molecular flexibility index (Phi) is 25.9. The Balaban J connectivity index is -0.000000995. The molecule has 0 amide bonds. The van der Waals surface area contributed by atoms with Crippen molar-refractivity contribution in [1.82, 2.24) is 4.90 Å². The number of likely N-dealkylation sites (N-methyl/N-ethyl adjacent to an activating group) is 1. The van der Waals surface area contributed by atoms with Crippen LogP contribution in [-0.2, 0) is 28.6 Å². The summed E-state index contributed by atoms with van der Waals surface area (Å²) in [5.74, 6) is -60.6. The van der Waals surface area contributed by atoms with Crippen molar-refractivity contribution < 1.29 is 103 Å². The number of carbonyl (C=O) groups excluding carboxylic acids is 3. The highest BCUT2D eigenvalue weighted by atomic mass is 19.4. The summed E-state index contributed by atoms with van der Waals surface area (Å²) in [6.45, 7) is 16.5. The number of halogens is 17. The summed E-state index contributed by atoms with van der Waals surface area (Å²) < 4.78 is 238. The maximum absolute atomic E-state index is 13.5. The zero-order valence-electron chi connectivity index (χ0n) is 35.2. The Morgan fingerprint density at radius 3 is 1.13 bits per heavy atom. The van der Waals surface area contributed by atoms with Crippen LogP contribution in [0.1, 0.15) is 98.8 Å². The SMILES string of the molecule is C=C(C)C(=O)OC(F)(F)C(F)(F)C(F)(F)C(F)(F)C(F)(F)C(F)(F)C(F)(F)C(F)(F)C(C)F.C=C(C)C(=O)OCCCCCCCCCCCC.C=C(C)C(=O)OCCN(C)C. The van der Waals surface area contributed by atoms with Crippen LogP contribution in [0.15, 0.2) is 36.5 Å². The van der Waals surface area contributed by atoms with Gasteiger partial charge in [-0.05, 0) is 48.2 Å². The molecule has 24 heteroatoms. The fourth-order valence-corrected chi connectivity index (χ4v) is 4.02. The molecule has 0 spiro atoms. The average molecular weight is 944 g/mol. The van der Waals surface area contributed by atoms with Crippen molar-refractivity contribution in [3.8, 4) is 0 Å². The van der Waals surface area contributed by atoms with Crippen LogP contribution in [0, 0.1) is 0 Å². The second-order valence-electron chi connectivity index (χ2n) is 14.2. The predicted octanol–water partition coefficient (Wildman–Crippen LogP) is 12.2. The molecule has 0 aliphatic carbocycles. The van der Waals surface area contributed by atoms with Crippen LogP contribution in [0.2, 0.25) is 0 Å². The van der Waals surface area contributed by atoms with E-state index in [2.05, 4.69) is 31.4 Å². The Labute approximate surface area is 349 Å². The first-order chi connectivity index (χ1) is 27.7. The van der Waals surface area contributed by atoms with E-state index in [-0.39, 0.29) is 11.9 Å². The van der Waals surface area contributed by atoms with Gasteiger partial charge in [0, 0.05) is 23.3 Å². The average Bonchev–Trinajstić information content (AvgIpc) is 3.13. The van der Waals surface area contributed by atoms with Crippen molar-refractivity contribution in [2.75, 3.05) is 33.9 Å². The minimum atomic E-state index is -8.69. The molecule has 0 bridgehead atoms. The van der Waals surface area contributed by atoms with Gasteiger partial charge in [0.05, 0.1) is 6.61 Å². The monoisotopic (exact) mass is 943 g/mol. The zero-order chi connectivity index (χ0) is 49.9. The number of unbranched alkanes of at least 4 members (excludes halogenated alkanes) is 9. The number of ether oxygens (including phenoxy) is 3. The van der Waals surface area contributed by atoms with Gasteiger partial charge in [0.15, 0.2) is 6.17 Å². The third-order valence-corrected chi connectivity index (χ3v) is 8.02. The van der Waals surface area contributed by atoms with Crippen molar-refractivity contribution in [2.24, 2.45) is 0 Å². The van der Waals surface area contributed by atoms with Crippen LogP contribution < -0.4 is 0 Å². The number of carbonyl (C=O) groups is 3. The van der Waals surface area contributed by atoms with E-state index in [4.69, 9.17) is 9.47 Å². The van der Waals surface area contributed by atoms with Gasteiger partial charge in [0.2, 0.25) is 0 Å². The molecule has 1 unspecified atom stereocenters. The van der Waals surface area contributed by atoms with Crippen LogP contribution in [0.25, 0.3) is 0 Å². The Bertz CT molecular complexity index is 1450. The van der Waals surface area contributed by atoms with Gasteiger partial charge in [-0.15, -0.1) is 0 Å². The summed E-state index contributed by atoms with van der Waals surface area (Å²) in [5, 5.41) is 0. The summed E-state index contributed by atoms with van der Waals surface area (Å²) in [5.41, 5.74) is -0.356. The van der Waals surface area contributed by atoms with Gasteiger partial charge < -0.3 is 19.1 Å². The molecule has 0 saturated heterocycles. The van der Waals surface area contributed by atoms with Crippen molar-refractivity contribution in [3.05, 3.63) is 36.5 Å². The van der Waals surface area contributed by atoms with Crippen molar-refractivity contribution in [3.63, 3.8) is 0 Å². The summed E-state index contributed by atoms with van der Waals surface area (Å²) in [7, 11) is 3.85. The minimum absolute atomic E-state index is 0.258. The Morgan fingerprint density at radius 1 is 0.500 bits per heavy atom. The lowest BCUT2D eigenvalue weighted by molar-refractivity contribution is -0.469. The highest BCUT2D eigenvalue weighted by Crippen LogP contribution is 2.64. The van der Waals surface area contributed by atoms with E-state index in [0.29, 0.717) is 31.3 Å². The lowest BCUT2D eigenvalue weighted by Crippen LogP contribution is -2.75. The van der Waals surface area contributed by atoms with Crippen LogP contribution in [-0.4, -0.2) is 110 Å². The van der Waals surface area contributed by atoms with Crippen molar-refractivity contribution in [1.29, 1.82) is 0 Å². The summed E-state index contributed by atoms with van der Waals surface area (Å²) in [6.07, 6.45) is 1.22. The largest absolute Gasteiger partial charge is 0.473 e. The maximum atomic E-state index is 13.5. The van der Waals surface area contributed by atoms with E-state index >= 15 is 0 Å². The third-order valence-electron chi connectivity index (χ3n) is 8.02. The molecule has 62 heavy (non-hydrogen) atoms. The highest BCUT2D eigenvalue weighted by Gasteiger charge is 2.95. The smallest absolute Gasteiger partial charge is 0.462 e. The number of nitrogens with zero attached hydrogens (tertiary/aromatic N) is 1. The normalized spacial score (nSPS) is 13.5. The summed E-state index contributed by atoms with van der Waals surface area (Å²) >= 11 is 0. The molecule has 7 nitrogen and oxygen atoms in total. The molecule has 0 saturated carbocycles. The quantitative estimate of drug-likeness (QED) is 0.0281. The van der Waals surface area contributed by atoms with Gasteiger partial charge in [0.1, 0.15) is 6.61 Å². The molecule has 0 heterocycles. The number of rotatable bonds is 26. The molecule has 0 rings (SSSR count).